The molecule has 0 aromatic heterocycles. The Bertz CT molecular complexity index is 802. The zero-order valence-electron chi connectivity index (χ0n) is 12.1. The second kappa shape index (κ2) is 6.50. The standard InChI is InChI=1S/C15H15BrN2O3S/c1-10-14(17-11(2)19)4-3-5-15(10)18-22(20,21)13-8-6-12(16)7-9-13/h3-9,18H,1-2H3,(H,17,19). The van der Waals surface area contributed by atoms with Crippen molar-refractivity contribution < 1.29 is 13.2 Å². The van der Waals surface area contributed by atoms with Crippen molar-refractivity contribution in [2.45, 2.75) is 18.7 Å². The molecule has 1 amide bonds. The van der Waals surface area contributed by atoms with Crippen LogP contribution in [-0.4, -0.2) is 14.3 Å². The third kappa shape index (κ3) is 3.86. The normalized spacial score (nSPS) is 11.0. The number of hydrogen-bond donors (Lipinski definition) is 2. The summed E-state index contributed by atoms with van der Waals surface area (Å²) in [4.78, 5) is 11.3. The molecular weight excluding hydrogens is 368 g/mol. The third-order valence-electron chi connectivity index (χ3n) is 3.01. The van der Waals surface area contributed by atoms with Crippen molar-refractivity contribution in [3.63, 3.8) is 0 Å². The molecule has 2 N–H and O–H groups in total. The highest BCUT2D eigenvalue weighted by molar-refractivity contribution is 9.10. The van der Waals surface area contributed by atoms with Gasteiger partial charge in [-0.1, -0.05) is 22.0 Å². The lowest BCUT2D eigenvalue weighted by molar-refractivity contribution is -0.114. The smallest absolute Gasteiger partial charge is 0.261 e. The molecule has 0 unspecified atom stereocenters. The summed E-state index contributed by atoms with van der Waals surface area (Å²) in [5, 5.41) is 2.67. The van der Waals surface area contributed by atoms with E-state index in [2.05, 4.69) is 26.0 Å². The number of benzene rings is 2. The number of halogens is 1. The van der Waals surface area contributed by atoms with E-state index < -0.39 is 10.0 Å². The lowest BCUT2D eigenvalue weighted by Gasteiger charge is -2.14. The Kier molecular flexibility index (Phi) is 4.87. The van der Waals surface area contributed by atoms with Crippen LogP contribution in [0.5, 0.6) is 0 Å². The van der Waals surface area contributed by atoms with E-state index >= 15 is 0 Å². The zero-order valence-corrected chi connectivity index (χ0v) is 14.5. The Balaban J connectivity index is 2.34. The number of sulfonamides is 1. The maximum absolute atomic E-state index is 12.4. The van der Waals surface area contributed by atoms with Crippen LogP contribution in [0.1, 0.15) is 12.5 Å². The summed E-state index contributed by atoms with van der Waals surface area (Å²) in [6, 6.07) is 11.4. The van der Waals surface area contributed by atoms with Gasteiger partial charge in [0.05, 0.1) is 10.6 Å². The van der Waals surface area contributed by atoms with Crippen molar-refractivity contribution in [1.29, 1.82) is 0 Å². The molecule has 0 radical (unpaired) electrons. The SMILES string of the molecule is CC(=O)Nc1cccc(NS(=O)(=O)c2ccc(Br)cc2)c1C. The van der Waals surface area contributed by atoms with Gasteiger partial charge in [-0.3, -0.25) is 9.52 Å². The van der Waals surface area contributed by atoms with Gasteiger partial charge in [-0.2, -0.15) is 0 Å². The molecule has 2 aromatic carbocycles. The minimum atomic E-state index is -3.68. The maximum Gasteiger partial charge on any atom is 0.261 e. The summed E-state index contributed by atoms with van der Waals surface area (Å²) in [7, 11) is -3.68. The maximum atomic E-state index is 12.4. The lowest BCUT2D eigenvalue weighted by Crippen LogP contribution is -2.15. The molecule has 0 saturated carbocycles. The first-order chi connectivity index (χ1) is 10.3. The third-order valence-corrected chi connectivity index (χ3v) is 4.92. The van der Waals surface area contributed by atoms with Crippen LogP contribution in [0.25, 0.3) is 0 Å². The fraction of sp³-hybridized carbons (Fsp3) is 0.133. The molecule has 0 aliphatic heterocycles. The molecule has 116 valence electrons. The summed E-state index contributed by atoms with van der Waals surface area (Å²) >= 11 is 3.27. The highest BCUT2D eigenvalue weighted by atomic mass is 79.9. The molecule has 0 fully saturated rings. The molecule has 5 nitrogen and oxygen atoms in total. The summed E-state index contributed by atoms with van der Waals surface area (Å²) in [5.41, 5.74) is 1.65. The predicted molar refractivity (Wildman–Crippen MR) is 90.4 cm³/mol. The summed E-state index contributed by atoms with van der Waals surface area (Å²) in [6.45, 7) is 3.14. The Labute approximate surface area is 137 Å². The van der Waals surface area contributed by atoms with Crippen LogP contribution in [0.2, 0.25) is 0 Å². The molecule has 0 heterocycles. The highest BCUT2D eigenvalue weighted by Gasteiger charge is 2.16. The molecule has 0 atom stereocenters. The average molecular weight is 383 g/mol. The lowest BCUT2D eigenvalue weighted by atomic mass is 10.1. The highest BCUT2D eigenvalue weighted by Crippen LogP contribution is 2.26. The van der Waals surface area contributed by atoms with Crippen LogP contribution in [0, 0.1) is 6.92 Å². The first-order valence-electron chi connectivity index (χ1n) is 6.45. The molecule has 0 bridgehead atoms. The summed E-state index contributed by atoms with van der Waals surface area (Å²) in [5.74, 6) is -0.212. The van der Waals surface area contributed by atoms with Crippen molar-refractivity contribution in [3.8, 4) is 0 Å². The van der Waals surface area contributed by atoms with E-state index in [0.29, 0.717) is 16.9 Å². The number of anilines is 2. The topological polar surface area (TPSA) is 75.3 Å². The fourth-order valence-corrected chi connectivity index (χ4v) is 3.28. The summed E-state index contributed by atoms with van der Waals surface area (Å²) < 4.78 is 28.1. The van der Waals surface area contributed by atoms with Gasteiger partial charge in [0.25, 0.3) is 10.0 Å². The van der Waals surface area contributed by atoms with Crippen LogP contribution in [0.3, 0.4) is 0 Å². The van der Waals surface area contributed by atoms with E-state index in [4.69, 9.17) is 0 Å². The number of amides is 1. The Morgan fingerprint density at radius 2 is 1.64 bits per heavy atom. The van der Waals surface area contributed by atoms with Crippen LogP contribution in [0.4, 0.5) is 11.4 Å². The van der Waals surface area contributed by atoms with Crippen LogP contribution < -0.4 is 10.0 Å². The Hall–Kier alpha value is -1.86. The Morgan fingerprint density at radius 3 is 2.23 bits per heavy atom. The van der Waals surface area contributed by atoms with Gasteiger partial charge in [-0.15, -0.1) is 0 Å². The first kappa shape index (κ1) is 16.5. The largest absolute Gasteiger partial charge is 0.326 e. The molecule has 0 saturated heterocycles. The molecule has 0 spiro atoms. The van der Waals surface area contributed by atoms with Gasteiger partial charge < -0.3 is 5.32 Å². The minimum Gasteiger partial charge on any atom is -0.326 e. The van der Waals surface area contributed by atoms with Gasteiger partial charge in [0.15, 0.2) is 0 Å². The quantitative estimate of drug-likeness (QED) is 0.849. The molecule has 7 heteroatoms. The van der Waals surface area contributed by atoms with Crippen molar-refractivity contribution in [3.05, 3.63) is 52.5 Å². The predicted octanol–water partition coefficient (Wildman–Crippen LogP) is 3.52. The minimum absolute atomic E-state index is 0.167. The fourth-order valence-electron chi connectivity index (χ4n) is 1.89. The van der Waals surface area contributed by atoms with Gasteiger partial charge >= 0.3 is 0 Å². The number of hydrogen-bond acceptors (Lipinski definition) is 3. The van der Waals surface area contributed by atoms with Gasteiger partial charge in [0, 0.05) is 17.1 Å². The van der Waals surface area contributed by atoms with E-state index in [9.17, 15) is 13.2 Å². The van der Waals surface area contributed by atoms with E-state index in [1.807, 2.05) is 0 Å². The van der Waals surface area contributed by atoms with E-state index in [-0.39, 0.29) is 10.8 Å². The molecular formula is C15H15BrN2O3S. The van der Waals surface area contributed by atoms with Crippen molar-refractivity contribution in [2.75, 3.05) is 10.0 Å². The van der Waals surface area contributed by atoms with Gasteiger partial charge in [-0.05, 0) is 48.9 Å². The van der Waals surface area contributed by atoms with Crippen LogP contribution >= 0.6 is 15.9 Å². The van der Waals surface area contributed by atoms with E-state index in [1.165, 1.54) is 19.1 Å². The monoisotopic (exact) mass is 382 g/mol. The van der Waals surface area contributed by atoms with Gasteiger partial charge in [0.2, 0.25) is 5.91 Å². The zero-order chi connectivity index (χ0) is 16.3. The van der Waals surface area contributed by atoms with Crippen LogP contribution in [-0.2, 0) is 14.8 Å². The molecule has 0 aliphatic carbocycles. The average Bonchev–Trinajstić information content (AvgIpc) is 2.43. The van der Waals surface area contributed by atoms with Gasteiger partial charge in [-0.25, -0.2) is 8.42 Å². The first-order valence-corrected chi connectivity index (χ1v) is 8.73. The number of rotatable bonds is 4. The second-order valence-corrected chi connectivity index (χ2v) is 7.32. The van der Waals surface area contributed by atoms with Crippen molar-refractivity contribution in [2.24, 2.45) is 0 Å². The molecule has 0 aliphatic rings. The molecule has 22 heavy (non-hydrogen) atoms. The number of carbonyl (C=O) groups excluding carboxylic acids is 1. The number of nitrogens with one attached hydrogen (secondary N) is 2. The molecule has 2 aromatic rings. The van der Waals surface area contributed by atoms with E-state index in [0.717, 1.165) is 4.47 Å². The van der Waals surface area contributed by atoms with Crippen molar-refractivity contribution >= 4 is 43.2 Å². The van der Waals surface area contributed by atoms with Crippen molar-refractivity contribution in [1.82, 2.24) is 0 Å². The van der Waals surface area contributed by atoms with Crippen LogP contribution in [0.15, 0.2) is 51.8 Å². The Morgan fingerprint density at radius 1 is 1.05 bits per heavy atom. The van der Waals surface area contributed by atoms with E-state index in [1.54, 1.807) is 37.3 Å². The molecule has 2 rings (SSSR count). The number of carbonyl (C=O) groups is 1. The summed E-state index contributed by atoms with van der Waals surface area (Å²) in [6.07, 6.45) is 0. The second-order valence-electron chi connectivity index (χ2n) is 4.72. The van der Waals surface area contributed by atoms with Gasteiger partial charge in [0.1, 0.15) is 0 Å².